The molecule has 0 aliphatic rings. The summed E-state index contributed by atoms with van der Waals surface area (Å²) >= 11 is 0. The van der Waals surface area contributed by atoms with Crippen LogP contribution in [0.1, 0.15) is 53.6 Å². The molecule has 0 aliphatic carbocycles. The van der Waals surface area contributed by atoms with Gasteiger partial charge in [-0.1, -0.05) is 55.4 Å². The van der Waals surface area contributed by atoms with E-state index in [2.05, 4.69) is 46.8 Å². The number of carbonyl (C=O) groups is 2. The minimum Gasteiger partial charge on any atom is -0.355 e. The quantitative estimate of drug-likeness (QED) is 0.597. The molecule has 0 fully saturated rings. The number of nitrogens with one attached hydrogen (secondary N) is 2. The second-order valence-corrected chi connectivity index (χ2v) is 7.34. The van der Waals surface area contributed by atoms with Gasteiger partial charge in [-0.05, 0) is 29.2 Å². The van der Waals surface area contributed by atoms with Crippen LogP contribution in [0.3, 0.4) is 0 Å². The Labute approximate surface area is 175 Å². The van der Waals surface area contributed by atoms with E-state index in [4.69, 9.17) is 4.52 Å². The lowest BCUT2D eigenvalue weighted by Gasteiger charge is -2.06. The topological polar surface area (TPSA) is 97.1 Å². The van der Waals surface area contributed by atoms with Crippen LogP contribution >= 0.6 is 0 Å². The Morgan fingerprint density at radius 2 is 1.87 bits per heavy atom. The van der Waals surface area contributed by atoms with Crippen LogP contribution in [-0.4, -0.2) is 29.0 Å². The van der Waals surface area contributed by atoms with Crippen molar-refractivity contribution in [3.63, 3.8) is 0 Å². The third kappa shape index (κ3) is 5.53. The van der Waals surface area contributed by atoms with Gasteiger partial charge in [0.15, 0.2) is 0 Å². The largest absolute Gasteiger partial charge is 0.355 e. The van der Waals surface area contributed by atoms with Gasteiger partial charge in [0.25, 0.3) is 5.91 Å². The van der Waals surface area contributed by atoms with E-state index in [0.29, 0.717) is 36.2 Å². The molecule has 0 atom stereocenters. The monoisotopic (exact) mass is 406 g/mol. The number of nitrogens with zero attached hydrogens (tertiary/aromatic N) is 2. The fraction of sp³-hybridized carbons (Fsp3) is 0.304. The molecule has 0 saturated heterocycles. The normalized spacial score (nSPS) is 10.8. The molecular weight excluding hydrogens is 380 g/mol. The summed E-state index contributed by atoms with van der Waals surface area (Å²) in [5, 5.41) is 9.44. The van der Waals surface area contributed by atoms with E-state index < -0.39 is 0 Å². The molecular formula is C23H26N4O3. The van der Waals surface area contributed by atoms with Crippen LogP contribution in [-0.2, 0) is 17.8 Å². The number of hydrogen-bond acceptors (Lipinski definition) is 5. The fourth-order valence-corrected chi connectivity index (χ4v) is 2.97. The zero-order chi connectivity index (χ0) is 21.5. The van der Waals surface area contributed by atoms with Crippen molar-refractivity contribution in [3.8, 4) is 11.4 Å². The van der Waals surface area contributed by atoms with Crippen molar-refractivity contribution >= 4 is 11.8 Å². The molecule has 0 spiro atoms. The highest BCUT2D eigenvalue weighted by Crippen LogP contribution is 2.20. The molecule has 0 bridgehead atoms. The van der Waals surface area contributed by atoms with Gasteiger partial charge < -0.3 is 15.2 Å². The Kier molecular flexibility index (Phi) is 6.95. The van der Waals surface area contributed by atoms with Gasteiger partial charge in [-0.3, -0.25) is 9.59 Å². The summed E-state index contributed by atoms with van der Waals surface area (Å²) in [5.74, 6) is 1.13. The molecule has 0 radical (unpaired) electrons. The molecule has 2 N–H and O–H groups in total. The third-order valence-corrected chi connectivity index (χ3v) is 4.78. The maximum absolute atomic E-state index is 12.2. The lowest BCUT2D eigenvalue weighted by atomic mass is 10.0. The molecule has 1 aromatic heterocycles. The Morgan fingerprint density at radius 1 is 1.10 bits per heavy atom. The lowest BCUT2D eigenvalue weighted by Crippen LogP contribution is -2.23. The second kappa shape index (κ2) is 9.82. The highest BCUT2D eigenvalue weighted by molar-refractivity contribution is 5.94. The molecule has 0 unspecified atom stereocenters. The van der Waals surface area contributed by atoms with Gasteiger partial charge in [0, 0.05) is 37.6 Å². The number of aromatic nitrogens is 2. The van der Waals surface area contributed by atoms with Crippen molar-refractivity contribution in [2.45, 2.75) is 39.2 Å². The highest BCUT2D eigenvalue weighted by atomic mass is 16.5. The van der Waals surface area contributed by atoms with E-state index in [1.54, 1.807) is 25.2 Å². The van der Waals surface area contributed by atoms with Crippen molar-refractivity contribution in [2.24, 2.45) is 0 Å². The zero-order valence-electron chi connectivity index (χ0n) is 17.4. The Balaban J connectivity index is 1.50. The first-order valence-corrected chi connectivity index (χ1v) is 9.97. The fourth-order valence-electron chi connectivity index (χ4n) is 2.97. The van der Waals surface area contributed by atoms with Crippen LogP contribution in [0.25, 0.3) is 11.4 Å². The molecule has 156 valence electrons. The highest BCUT2D eigenvalue weighted by Gasteiger charge is 2.11. The molecule has 30 heavy (non-hydrogen) atoms. The van der Waals surface area contributed by atoms with Crippen molar-refractivity contribution < 1.29 is 14.1 Å². The number of benzene rings is 2. The summed E-state index contributed by atoms with van der Waals surface area (Å²) in [4.78, 5) is 28.2. The van der Waals surface area contributed by atoms with Gasteiger partial charge in [0.05, 0.1) is 0 Å². The summed E-state index contributed by atoms with van der Waals surface area (Å²) in [5.41, 5.74) is 3.55. The lowest BCUT2D eigenvalue weighted by molar-refractivity contribution is -0.121. The first kappa shape index (κ1) is 21.2. The van der Waals surface area contributed by atoms with Gasteiger partial charge in [-0.2, -0.15) is 4.98 Å². The minimum atomic E-state index is -0.158. The van der Waals surface area contributed by atoms with Gasteiger partial charge in [-0.25, -0.2) is 0 Å². The summed E-state index contributed by atoms with van der Waals surface area (Å²) < 4.78 is 5.28. The molecule has 3 rings (SSSR count). The van der Waals surface area contributed by atoms with Crippen molar-refractivity contribution in [1.29, 1.82) is 0 Å². The summed E-state index contributed by atoms with van der Waals surface area (Å²) in [6.45, 7) is 4.64. The number of rotatable bonds is 8. The van der Waals surface area contributed by atoms with E-state index in [1.807, 2.05) is 18.2 Å². The minimum absolute atomic E-state index is 0.124. The molecule has 3 aromatic rings. The predicted octanol–water partition coefficient (Wildman–Crippen LogP) is 3.47. The van der Waals surface area contributed by atoms with E-state index in [-0.39, 0.29) is 18.2 Å². The maximum atomic E-state index is 12.2. The number of aryl methyl sites for hydroxylation is 1. The smallest absolute Gasteiger partial charge is 0.251 e. The number of amides is 2. The zero-order valence-corrected chi connectivity index (χ0v) is 17.4. The van der Waals surface area contributed by atoms with E-state index in [0.717, 1.165) is 11.1 Å². The first-order chi connectivity index (χ1) is 14.5. The standard InChI is InChI=1S/C23H26N4O3/c1-15(2)17-7-9-18(10-8-17)22-26-21(30-27-22)12-11-20(28)25-14-16-5-4-6-19(13-16)23(29)24-3/h4-10,13,15H,11-12,14H2,1-3H3,(H,24,29)(H,25,28). The van der Waals surface area contributed by atoms with Crippen LogP contribution in [0.15, 0.2) is 53.1 Å². The van der Waals surface area contributed by atoms with Crippen LogP contribution < -0.4 is 10.6 Å². The van der Waals surface area contributed by atoms with E-state index in [1.165, 1.54) is 5.56 Å². The Morgan fingerprint density at radius 3 is 2.57 bits per heavy atom. The van der Waals surface area contributed by atoms with Crippen LogP contribution in [0, 0.1) is 0 Å². The molecule has 2 amide bonds. The van der Waals surface area contributed by atoms with Gasteiger partial charge >= 0.3 is 0 Å². The van der Waals surface area contributed by atoms with E-state index in [9.17, 15) is 9.59 Å². The average Bonchev–Trinajstić information content (AvgIpc) is 3.25. The van der Waals surface area contributed by atoms with Crippen molar-refractivity contribution in [3.05, 3.63) is 71.1 Å². The van der Waals surface area contributed by atoms with Crippen LogP contribution in [0.4, 0.5) is 0 Å². The summed E-state index contributed by atoms with van der Waals surface area (Å²) in [7, 11) is 1.58. The molecule has 1 heterocycles. The number of carbonyl (C=O) groups excluding carboxylic acids is 2. The third-order valence-electron chi connectivity index (χ3n) is 4.78. The Hall–Kier alpha value is -3.48. The Bertz CT molecular complexity index is 1010. The van der Waals surface area contributed by atoms with Crippen molar-refractivity contribution in [2.75, 3.05) is 7.05 Å². The van der Waals surface area contributed by atoms with Crippen LogP contribution in [0.2, 0.25) is 0 Å². The molecule has 7 heteroatoms. The molecule has 2 aromatic carbocycles. The summed E-state index contributed by atoms with van der Waals surface area (Å²) in [6, 6.07) is 15.2. The average molecular weight is 406 g/mol. The van der Waals surface area contributed by atoms with E-state index >= 15 is 0 Å². The van der Waals surface area contributed by atoms with Crippen molar-refractivity contribution in [1.82, 2.24) is 20.8 Å². The predicted molar refractivity (Wildman–Crippen MR) is 114 cm³/mol. The molecule has 0 aliphatic heterocycles. The van der Waals surface area contributed by atoms with Crippen LogP contribution in [0.5, 0.6) is 0 Å². The summed E-state index contributed by atoms with van der Waals surface area (Å²) in [6.07, 6.45) is 0.601. The SMILES string of the molecule is CNC(=O)c1cccc(CNC(=O)CCc2nc(-c3ccc(C(C)C)cc3)no2)c1. The molecule has 0 saturated carbocycles. The van der Waals surface area contributed by atoms with Gasteiger partial charge in [0.2, 0.25) is 17.6 Å². The second-order valence-electron chi connectivity index (χ2n) is 7.34. The van der Waals surface area contributed by atoms with Gasteiger partial charge in [0.1, 0.15) is 0 Å². The number of hydrogen-bond donors (Lipinski definition) is 2. The first-order valence-electron chi connectivity index (χ1n) is 9.97. The maximum Gasteiger partial charge on any atom is 0.251 e. The van der Waals surface area contributed by atoms with Gasteiger partial charge in [-0.15, -0.1) is 0 Å². The molecule has 7 nitrogen and oxygen atoms in total.